The average Bonchev–Trinajstić information content (AvgIpc) is 3.38. The van der Waals surface area contributed by atoms with Gasteiger partial charge >= 0.3 is 0 Å². The minimum atomic E-state index is 0.112. The molecule has 0 amide bonds. The Bertz CT molecular complexity index is 1060. The van der Waals surface area contributed by atoms with Gasteiger partial charge in [0.25, 0.3) is 0 Å². The van der Waals surface area contributed by atoms with E-state index in [0.29, 0.717) is 6.54 Å². The third-order valence-electron chi connectivity index (χ3n) is 4.16. The normalized spacial score (nSPS) is 13.4. The highest BCUT2D eigenvalue weighted by atomic mass is 32.1. The monoisotopic (exact) mass is 385 g/mol. The highest BCUT2D eigenvalue weighted by Gasteiger charge is 2.14. The first-order valence-electron chi connectivity index (χ1n) is 8.19. The second-order valence-corrected chi connectivity index (χ2v) is 7.83. The third kappa shape index (κ3) is 3.27. The van der Waals surface area contributed by atoms with Crippen molar-refractivity contribution in [2.75, 3.05) is 0 Å². The summed E-state index contributed by atoms with van der Waals surface area (Å²) in [5.41, 5.74) is 2.15. The van der Waals surface area contributed by atoms with E-state index >= 15 is 0 Å². The molecule has 0 radical (unpaired) electrons. The predicted molar refractivity (Wildman–Crippen MR) is 103 cm³/mol. The molecule has 9 heteroatoms. The van der Waals surface area contributed by atoms with Crippen molar-refractivity contribution in [2.24, 2.45) is 19.1 Å². The second kappa shape index (κ2) is 7.00. The Labute approximate surface area is 158 Å². The molecule has 26 heavy (non-hydrogen) atoms. The number of hydrogen-bond donors (Lipinski definition) is 0. The Morgan fingerprint density at radius 1 is 1.23 bits per heavy atom. The van der Waals surface area contributed by atoms with E-state index in [0.717, 1.165) is 21.9 Å². The van der Waals surface area contributed by atoms with Crippen molar-refractivity contribution < 1.29 is 0 Å². The summed E-state index contributed by atoms with van der Waals surface area (Å²) < 4.78 is 5.80. The van der Waals surface area contributed by atoms with Gasteiger partial charge in [0, 0.05) is 36.1 Å². The van der Waals surface area contributed by atoms with E-state index < -0.39 is 0 Å². The van der Waals surface area contributed by atoms with Crippen LogP contribution in [0, 0.1) is 0 Å². The molecule has 0 aromatic carbocycles. The van der Waals surface area contributed by atoms with Gasteiger partial charge in [0.1, 0.15) is 12.2 Å². The molecule has 4 aromatic heterocycles. The van der Waals surface area contributed by atoms with Gasteiger partial charge in [-0.2, -0.15) is 10.2 Å². The van der Waals surface area contributed by atoms with Crippen molar-refractivity contribution >= 4 is 22.7 Å². The van der Waals surface area contributed by atoms with Crippen molar-refractivity contribution in [1.82, 2.24) is 29.1 Å². The Hall–Kier alpha value is -2.52. The van der Waals surface area contributed by atoms with Crippen LogP contribution in [0.1, 0.15) is 23.7 Å². The van der Waals surface area contributed by atoms with Crippen LogP contribution < -0.4 is 4.80 Å². The summed E-state index contributed by atoms with van der Waals surface area (Å²) in [4.78, 5) is 11.6. The van der Waals surface area contributed by atoms with Gasteiger partial charge in [-0.05, 0) is 18.4 Å². The molecule has 0 aliphatic heterocycles. The lowest BCUT2D eigenvalue weighted by Gasteiger charge is -2.08. The van der Waals surface area contributed by atoms with Crippen molar-refractivity contribution in [3.05, 3.63) is 57.1 Å². The molecule has 1 unspecified atom stereocenters. The summed E-state index contributed by atoms with van der Waals surface area (Å²) in [5.74, 6) is 0.888. The first-order valence-corrected chi connectivity index (χ1v) is 9.95. The zero-order valence-electron chi connectivity index (χ0n) is 14.8. The zero-order valence-corrected chi connectivity index (χ0v) is 16.4. The first-order chi connectivity index (χ1) is 12.6. The molecule has 1 atom stereocenters. The summed E-state index contributed by atoms with van der Waals surface area (Å²) >= 11 is 3.37. The molecule has 0 fully saturated rings. The molecule has 4 rings (SSSR count). The molecule has 0 saturated heterocycles. The van der Waals surface area contributed by atoms with Crippen LogP contribution in [0.4, 0.5) is 0 Å². The van der Waals surface area contributed by atoms with Crippen LogP contribution in [0.5, 0.6) is 0 Å². The van der Waals surface area contributed by atoms with E-state index in [1.807, 2.05) is 31.2 Å². The zero-order chi connectivity index (χ0) is 18.1. The van der Waals surface area contributed by atoms with Crippen molar-refractivity contribution in [2.45, 2.75) is 19.5 Å². The number of thiazole rings is 1. The maximum Gasteiger partial charge on any atom is 0.186 e. The van der Waals surface area contributed by atoms with Gasteiger partial charge in [-0.25, -0.2) is 4.98 Å². The standard InChI is InChI=1S/C17H19N7S2/c1-12(15-5-4-6-25-15)21-17-24(9-16-18-11-20-23(16)3)14(10-26-17)13-7-19-22(2)8-13/h4-8,10-12H,9H2,1-3H3. The molecule has 0 aliphatic rings. The molecular formula is C17H19N7S2. The summed E-state index contributed by atoms with van der Waals surface area (Å²) in [6.45, 7) is 2.74. The maximum absolute atomic E-state index is 4.97. The lowest BCUT2D eigenvalue weighted by Crippen LogP contribution is -2.20. The largest absolute Gasteiger partial charge is 0.309 e. The Kier molecular flexibility index (Phi) is 4.56. The molecule has 0 bridgehead atoms. The van der Waals surface area contributed by atoms with Crippen molar-refractivity contribution in [3.63, 3.8) is 0 Å². The van der Waals surface area contributed by atoms with E-state index in [1.54, 1.807) is 33.7 Å². The van der Waals surface area contributed by atoms with Crippen LogP contribution >= 0.6 is 22.7 Å². The van der Waals surface area contributed by atoms with Gasteiger partial charge in [-0.1, -0.05) is 6.07 Å². The van der Waals surface area contributed by atoms with Crippen LogP contribution in [-0.2, 0) is 20.6 Å². The fourth-order valence-electron chi connectivity index (χ4n) is 2.73. The average molecular weight is 386 g/mol. The van der Waals surface area contributed by atoms with Gasteiger partial charge in [0.05, 0.1) is 24.5 Å². The predicted octanol–water partition coefficient (Wildman–Crippen LogP) is 2.85. The first kappa shape index (κ1) is 16.9. The van der Waals surface area contributed by atoms with Crippen LogP contribution in [0.2, 0.25) is 0 Å². The number of nitrogens with zero attached hydrogens (tertiary/aromatic N) is 7. The molecular weight excluding hydrogens is 366 g/mol. The molecule has 4 heterocycles. The SMILES string of the molecule is CC(N=c1scc(-c2cnn(C)c2)n1Cc1ncnn1C)c1cccs1. The van der Waals surface area contributed by atoms with Crippen molar-refractivity contribution in [1.29, 1.82) is 0 Å². The van der Waals surface area contributed by atoms with E-state index in [2.05, 4.69) is 49.6 Å². The van der Waals surface area contributed by atoms with E-state index in [1.165, 1.54) is 4.88 Å². The lowest BCUT2D eigenvalue weighted by molar-refractivity contribution is 0.638. The minimum Gasteiger partial charge on any atom is -0.309 e. The fourth-order valence-corrected chi connectivity index (χ4v) is 4.44. The Morgan fingerprint density at radius 3 is 2.77 bits per heavy atom. The molecule has 7 nitrogen and oxygen atoms in total. The quantitative estimate of drug-likeness (QED) is 0.531. The number of rotatable bonds is 5. The minimum absolute atomic E-state index is 0.112. The van der Waals surface area contributed by atoms with Crippen LogP contribution in [0.25, 0.3) is 11.3 Å². The van der Waals surface area contributed by atoms with Gasteiger partial charge in [0.2, 0.25) is 0 Å². The number of aromatic nitrogens is 6. The van der Waals surface area contributed by atoms with E-state index in [9.17, 15) is 0 Å². The van der Waals surface area contributed by atoms with E-state index in [4.69, 9.17) is 4.99 Å². The number of thiophene rings is 1. The summed E-state index contributed by atoms with van der Waals surface area (Å²) in [6.07, 6.45) is 5.47. The summed E-state index contributed by atoms with van der Waals surface area (Å²) in [6, 6.07) is 4.30. The van der Waals surface area contributed by atoms with Gasteiger partial charge in [0.15, 0.2) is 4.80 Å². The Balaban J connectivity index is 1.81. The van der Waals surface area contributed by atoms with Gasteiger partial charge < -0.3 is 4.57 Å². The summed E-state index contributed by atoms with van der Waals surface area (Å²) in [7, 11) is 3.83. The number of hydrogen-bond acceptors (Lipinski definition) is 6. The molecule has 0 spiro atoms. The molecule has 0 saturated carbocycles. The number of aryl methyl sites for hydroxylation is 2. The van der Waals surface area contributed by atoms with Crippen molar-refractivity contribution in [3.8, 4) is 11.3 Å². The highest BCUT2D eigenvalue weighted by molar-refractivity contribution is 7.10. The summed E-state index contributed by atoms with van der Waals surface area (Å²) in [5, 5.41) is 12.7. The molecule has 4 aromatic rings. The fraction of sp³-hybridized carbons (Fsp3) is 0.294. The molecule has 0 aliphatic carbocycles. The topological polar surface area (TPSA) is 65.8 Å². The van der Waals surface area contributed by atoms with E-state index in [-0.39, 0.29) is 6.04 Å². The van der Waals surface area contributed by atoms with Gasteiger partial charge in [-0.15, -0.1) is 22.7 Å². The lowest BCUT2D eigenvalue weighted by atomic mass is 10.3. The Morgan fingerprint density at radius 2 is 2.12 bits per heavy atom. The van der Waals surface area contributed by atoms with Crippen LogP contribution in [0.3, 0.4) is 0 Å². The highest BCUT2D eigenvalue weighted by Crippen LogP contribution is 2.23. The maximum atomic E-state index is 4.97. The van der Waals surface area contributed by atoms with Gasteiger partial charge in [-0.3, -0.25) is 14.4 Å². The smallest absolute Gasteiger partial charge is 0.186 e. The van der Waals surface area contributed by atoms with Crippen LogP contribution in [0.15, 0.2) is 46.6 Å². The van der Waals surface area contributed by atoms with Crippen LogP contribution in [-0.4, -0.2) is 29.1 Å². The molecule has 134 valence electrons. The second-order valence-electron chi connectivity index (χ2n) is 6.01. The third-order valence-corrected chi connectivity index (χ3v) is 6.08. The molecule has 0 N–H and O–H groups in total.